The molecule has 4 unspecified atom stereocenters. The number of rotatable bonds is 3. The first-order chi connectivity index (χ1) is 9.84. The lowest BCUT2D eigenvalue weighted by Gasteiger charge is -2.49. The van der Waals surface area contributed by atoms with E-state index in [4.69, 9.17) is 0 Å². The molecule has 0 bridgehead atoms. The van der Waals surface area contributed by atoms with E-state index < -0.39 is 0 Å². The molecule has 1 saturated heterocycles. The highest BCUT2D eigenvalue weighted by molar-refractivity contribution is 5.97. The lowest BCUT2D eigenvalue weighted by molar-refractivity contribution is -0.156. The normalized spacial score (nSPS) is 34.5. The van der Waals surface area contributed by atoms with Crippen LogP contribution in [0.15, 0.2) is 0 Å². The molecular weight excluding hydrogens is 264 g/mol. The fraction of sp³-hybridized carbons (Fsp3) is 0.882. The number of piperazine rings is 1. The van der Waals surface area contributed by atoms with Crippen LogP contribution in [0.1, 0.15) is 60.3 Å². The number of nitrogens with zero attached hydrogens (tertiary/aromatic N) is 1. The average Bonchev–Trinajstić information content (AvgIpc) is 2.42. The van der Waals surface area contributed by atoms with E-state index in [1.54, 1.807) is 6.92 Å². The van der Waals surface area contributed by atoms with Gasteiger partial charge in [-0.15, -0.1) is 0 Å². The third-order valence-electron chi connectivity index (χ3n) is 5.18. The molecule has 1 heterocycles. The first kappa shape index (κ1) is 16.3. The summed E-state index contributed by atoms with van der Waals surface area (Å²) in [6, 6.07) is -0.465. The number of carbonyl (C=O) groups excluding carboxylic acids is 2. The van der Waals surface area contributed by atoms with Crippen molar-refractivity contribution in [2.75, 3.05) is 0 Å². The Labute approximate surface area is 128 Å². The van der Waals surface area contributed by atoms with Crippen LogP contribution in [0.25, 0.3) is 0 Å². The maximum absolute atomic E-state index is 12.8. The van der Waals surface area contributed by atoms with E-state index in [-0.39, 0.29) is 35.9 Å². The fourth-order valence-electron chi connectivity index (χ4n) is 4.10. The summed E-state index contributed by atoms with van der Waals surface area (Å²) in [5, 5.41) is 2.84. The molecule has 2 rings (SSSR count). The predicted octanol–water partition coefficient (Wildman–Crippen LogP) is 2.57. The summed E-state index contributed by atoms with van der Waals surface area (Å²) in [6.07, 6.45) is 4.62. The first-order valence-electron chi connectivity index (χ1n) is 8.47. The molecule has 1 aliphatic carbocycles. The van der Waals surface area contributed by atoms with Gasteiger partial charge in [0, 0.05) is 6.04 Å². The number of nitrogens with one attached hydrogen (secondary N) is 1. The van der Waals surface area contributed by atoms with Gasteiger partial charge in [0.2, 0.25) is 11.8 Å². The molecule has 0 radical (unpaired) electrons. The largest absolute Gasteiger partial charge is 0.343 e. The van der Waals surface area contributed by atoms with Gasteiger partial charge >= 0.3 is 0 Å². The molecule has 0 aromatic carbocycles. The average molecular weight is 294 g/mol. The Hall–Kier alpha value is -1.06. The van der Waals surface area contributed by atoms with Gasteiger partial charge in [0.15, 0.2) is 0 Å². The zero-order valence-corrected chi connectivity index (χ0v) is 14.1. The van der Waals surface area contributed by atoms with Crippen molar-refractivity contribution >= 4 is 11.8 Å². The Morgan fingerprint density at radius 1 is 1.05 bits per heavy atom. The summed E-state index contributed by atoms with van der Waals surface area (Å²) in [5.41, 5.74) is 0. The second kappa shape index (κ2) is 6.37. The summed E-state index contributed by atoms with van der Waals surface area (Å²) in [6.45, 7) is 10.4. The van der Waals surface area contributed by atoms with Crippen molar-refractivity contribution in [3.05, 3.63) is 0 Å². The van der Waals surface area contributed by atoms with Crippen molar-refractivity contribution in [3.63, 3.8) is 0 Å². The van der Waals surface area contributed by atoms with Gasteiger partial charge in [-0.25, -0.2) is 0 Å². The second-order valence-corrected chi connectivity index (χ2v) is 7.42. The quantitative estimate of drug-likeness (QED) is 0.869. The van der Waals surface area contributed by atoms with Crippen LogP contribution < -0.4 is 5.32 Å². The standard InChI is InChI=1S/C17H30N2O2/c1-10(2)13-8-6-7-9-14(13)19-15(11(3)4)16(20)18-12(5)17(19)21/h10-15H,6-9H2,1-5H3,(H,18,20). The van der Waals surface area contributed by atoms with Crippen molar-refractivity contribution in [1.82, 2.24) is 10.2 Å². The van der Waals surface area contributed by atoms with Crippen LogP contribution in [-0.4, -0.2) is 34.8 Å². The highest BCUT2D eigenvalue weighted by Gasteiger charge is 2.46. The van der Waals surface area contributed by atoms with E-state index in [0.29, 0.717) is 11.8 Å². The van der Waals surface area contributed by atoms with Crippen molar-refractivity contribution < 1.29 is 9.59 Å². The van der Waals surface area contributed by atoms with Gasteiger partial charge in [-0.05, 0) is 37.5 Å². The molecule has 4 atom stereocenters. The van der Waals surface area contributed by atoms with Crippen LogP contribution in [0.5, 0.6) is 0 Å². The SMILES string of the molecule is CC1NC(=O)C(C(C)C)N(C2CCCCC2C(C)C)C1=O. The van der Waals surface area contributed by atoms with Crippen LogP contribution in [-0.2, 0) is 9.59 Å². The Morgan fingerprint density at radius 3 is 2.24 bits per heavy atom. The summed E-state index contributed by atoms with van der Waals surface area (Å²) in [4.78, 5) is 27.1. The van der Waals surface area contributed by atoms with Gasteiger partial charge in [-0.2, -0.15) is 0 Å². The molecule has 0 aromatic rings. The molecule has 0 spiro atoms. The number of hydrogen-bond acceptors (Lipinski definition) is 2. The number of amides is 2. The molecule has 1 aliphatic heterocycles. The van der Waals surface area contributed by atoms with Crippen LogP contribution >= 0.6 is 0 Å². The number of carbonyl (C=O) groups is 2. The Kier molecular flexibility index (Phi) is 4.95. The van der Waals surface area contributed by atoms with Gasteiger partial charge in [-0.1, -0.05) is 40.5 Å². The van der Waals surface area contributed by atoms with Crippen molar-refractivity contribution in [2.24, 2.45) is 17.8 Å². The monoisotopic (exact) mass is 294 g/mol. The van der Waals surface area contributed by atoms with E-state index in [1.807, 2.05) is 18.7 Å². The van der Waals surface area contributed by atoms with Crippen LogP contribution in [0.2, 0.25) is 0 Å². The van der Waals surface area contributed by atoms with E-state index in [9.17, 15) is 9.59 Å². The number of hydrogen-bond donors (Lipinski definition) is 1. The zero-order chi connectivity index (χ0) is 15.7. The summed E-state index contributed by atoms with van der Waals surface area (Å²) < 4.78 is 0. The maximum atomic E-state index is 12.8. The molecule has 0 aromatic heterocycles. The molecule has 2 aliphatic rings. The van der Waals surface area contributed by atoms with Gasteiger partial charge in [0.25, 0.3) is 0 Å². The minimum Gasteiger partial charge on any atom is -0.343 e. The van der Waals surface area contributed by atoms with Crippen molar-refractivity contribution in [2.45, 2.75) is 78.4 Å². The molecular formula is C17H30N2O2. The van der Waals surface area contributed by atoms with Gasteiger partial charge in [0.1, 0.15) is 12.1 Å². The lowest BCUT2D eigenvalue weighted by Crippen LogP contribution is -2.67. The van der Waals surface area contributed by atoms with Gasteiger partial charge in [0.05, 0.1) is 0 Å². The smallest absolute Gasteiger partial charge is 0.245 e. The van der Waals surface area contributed by atoms with Crippen molar-refractivity contribution in [1.29, 1.82) is 0 Å². The van der Waals surface area contributed by atoms with E-state index in [2.05, 4.69) is 19.2 Å². The van der Waals surface area contributed by atoms with Crippen LogP contribution in [0.3, 0.4) is 0 Å². The molecule has 1 saturated carbocycles. The molecule has 1 N–H and O–H groups in total. The zero-order valence-electron chi connectivity index (χ0n) is 14.1. The van der Waals surface area contributed by atoms with E-state index in [1.165, 1.54) is 19.3 Å². The topological polar surface area (TPSA) is 49.4 Å². The molecule has 21 heavy (non-hydrogen) atoms. The van der Waals surface area contributed by atoms with Gasteiger partial charge < -0.3 is 10.2 Å². The summed E-state index contributed by atoms with van der Waals surface area (Å²) in [7, 11) is 0. The second-order valence-electron chi connectivity index (χ2n) is 7.42. The highest BCUT2D eigenvalue weighted by Crippen LogP contribution is 2.36. The third-order valence-corrected chi connectivity index (χ3v) is 5.18. The molecule has 2 amide bonds. The minimum absolute atomic E-state index is 0.0187. The predicted molar refractivity (Wildman–Crippen MR) is 83.7 cm³/mol. The van der Waals surface area contributed by atoms with Gasteiger partial charge in [-0.3, -0.25) is 9.59 Å². The fourth-order valence-corrected chi connectivity index (χ4v) is 4.10. The molecule has 120 valence electrons. The van der Waals surface area contributed by atoms with Crippen LogP contribution in [0, 0.1) is 17.8 Å². The van der Waals surface area contributed by atoms with Crippen LogP contribution in [0.4, 0.5) is 0 Å². The van der Waals surface area contributed by atoms with E-state index in [0.717, 1.165) is 6.42 Å². The molecule has 4 nitrogen and oxygen atoms in total. The van der Waals surface area contributed by atoms with Crippen molar-refractivity contribution in [3.8, 4) is 0 Å². The Bertz CT molecular complexity index is 406. The third kappa shape index (κ3) is 3.09. The first-order valence-corrected chi connectivity index (χ1v) is 8.47. The minimum atomic E-state index is -0.387. The summed E-state index contributed by atoms with van der Waals surface area (Å²) in [5.74, 6) is 1.34. The highest BCUT2D eigenvalue weighted by atomic mass is 16.2. The summed E-state index contributed by atoms with van der Waals surface area (Å²) >= 11 is 0. The van der Waals surface area contributed by atoms with E-state index >= 15 is 0 Å². The lowest BCUT2D eigenvalue weighted by atomic mass is 9.75. The molecule has 2 fully saturated rings. The maximum Gasteiger partial charge on any atom is 0.245 e. The Balaban J connectivity index is 2.34. The Morgan fingerprint density at radius 2 is 1.67 bits per heavy atom. The molecule has 4 heteroatoms.